The van der Waals surface area contributed by atoms with Gasteiger partial charge in [0.25, 0.3) is 11.8 Å². The van der Waals surface area contributed by atoms with Crippen LogP contribution in [0.3, 0.4) is 0 Å². The monoisotopic (exact) mass is 268 g/mol. The van der Waals surface area contributed by atoms with Gasteiger partial charge in [0.2, 0.25) is 0 Å². The van der Waals surface area contributed by atoms with Gasteiger partial charge in [-0.1, -0.05) is 0 Å². The minimum absolute atomic E-state index is 0.0251. The van der Waals surface area contributed by atoms with E-state index in [-0.39, 0.29) is 25.7 Å². The molecule has 2 atom stereocenters. The lowest BCUT2D eigenvalue weighted by molar-refractivity contribution is 0.00325. The number of halogens is 4. The van der Waals surface area contributed by atoms with E-state index in [1.165, 1.54) is 0 Å². The van der Waals surface area contributed by atoms with Gasteiger partial charge in [0, 0.05) is 10.8 Å². The Labute approximate surface area is 102 Å². The first-order chi connectivity index (χ1) is 8.30. The van der Waals surface area contributed by atoms with E-state index in [0.717, 1.165) is 0 Å². The molecule has 0 radical (unpaired) electrons. The standard InChI is InChI=1S/C12H16F4O2/c13-11(14)7(5-17)9(11)1-2-10(4-3-9)8(6-18)12(10,15)16/h7-8,17-18H,1-6H2. The molecule has 0 aromatic heterocycles. The van der Waals surface area contributed by atoms with Crippen molar-refractivity contribution in [2.45, 2.75) is 37.5 Å². The van der Waals surface area contributed by atoms with Crippen molar-refractivity contribution in [3.8, 4) is 0 Å². The predicted molar refractivity (Wildman–Crippen MR) is 54.4 cm³/mol. The summed E-state index contributed by atoms with van der Waals surface area (Å²) in [5.41, 5.74) is -2.52. The average Bonchev–Trinajstić information content (AvgIpc) is 2.97. The van der Waals surface area contributed by atoms with Gasteiger partial charge in [-0.2, -0.15) is 0 Å². The second-order valence-electron chi connectivity index (χ2n) is 6.03. The molecule has 2 spiro atoms. The van der Waals surface area contributed by atoms with Crippen molar-refractivity contribution in [2.75, 3.05) is 13.2 Å². The highest BCUT2D eigenvalue weighted by Gasteiger charge is 2.86. The highest BCUT2D eigenvalue weighted by atomic mass is 19.3. The maximum Gasteiger partial charge on any atom is 0.259 e. The van der Waals surface area contributed by atoms with Gasteiger partial charge in [-0.05, 0) is 25.7 Å². The number of alkyl halides is 4. The van der Waals surface area contributed by atoms with Crippen LogP contribution in [-0.2, 0) is 0 Å². The van der Waals surface area contributed by atoms with Crippen LogP contribution in [0.1, 0.15) is 25.7 Å². The van der Waals surface area contributed by atoms with Crippen LogP contribution in [0, 0.1) is 22.7 Å². The third kappa shape index (κ3) is 1.08. The molecule has 0 amide bonds. The molecule has 104 valence electrons. The molecule has 6 heteroatoms. The van der Waals surface area contributed by atoms with Gasteiger partial charge in [0.15, 0.2) is 0 Å². The molecule has 3 rings (SSSR count). The quantitative estimate of drug-likeness (QED) is 0.752. The van der Waals surface area contributed by atoms with Crippen molar-refractivity contribution in [3.63, 3.8) is 0 Å². The van der Waals surface area contributed by atoms with E-state index < -0.39 is 47.7 Å². The Kier molecular flexibility index (Phi) is 2.25. The molecular weight excluding hydrogens is 252 g/mol. The average molecular weight is 268 g/mol. The van der Waals surface area contributed by atoms with Gasteiger partial charge < -0.3 is 10.2 Å². The molecule has 0 bridgehead atoms. The fourth-order valence-electron chi connectivity index (χ4n) is 4.27. The van der Waals surface area contributed by atoms with Gasteiger partial charge in [0.05, 0.1) is 25.0 Å². The van der Waals surface area contributed by atoms with Crippen molar-refractivity contribution >= 4 is 0 Å². The van der Waals surface area contributed by atoms with Crippen LogP contribution in [0.25, 0.3) is 0 Å². The van der Waals surface area contributed by atoms with E-state index in [1.54, 1.807) is 0 Å². The SMILES string of the molecule is OCC1C(F)(F)C12CCC1(CC2)C(CO)C1(F)F. The van der Waals surface area contributed by atoms with Crippen LogP contribution >= 0.6 is 0 Å². The lowest BCUT2D eigenvalue weighted by Crippen LogP contribution is -2.26. The summed E-state index contributed by atoms with van der Waals surface area (Å²) in [5.74, 6) is -7.96. The van der Waals surface area contributed by atoms with Gasteiger partial charge >= 0.3 is 0 Å². The van der Waals surface area contributed by atoms with Gasteiger partial charge in [-0.3, -0.25) is 0 Å². The number of hydrogen-bond acceptors (Lipinski definition) is 2. The summed E-state index contributed by atoms with van der Waals surface area (Å²) in [6.07, 6.45) is 0.100. The Hall–Kier alpha value is -0.360. The summed E-state index contributed by atoms with van der Waals surface area (Å²) in [4.78, 5) is 0. The molecule has 2 unspecified atom stereocenters. The lowest BCUT2D eigenvalue weighted by Gasteiger charge is -2.29. The Morgan fingerprint density at radius 3 is 1.17 bits per heavy atom. The van der Waals surface area contributed by atoms with Gasteiger partial charge in [0.1, 0.15) is 0 Å². The highest BCUT2D eigenvalue weighted by Crippen LogP contribution is 2.80. The normalized spacial score (nSPS) is 51.7. The number of aliphatic hydroxyl groups is 2. The first-order valence-electron chi connectivity index (χ1n) is 6.27. The Balaban J connectivity index is 1.75. The zero-order chi connectivity index (χ0) is 13.4. The molecule has 2 N–H and O–H groups in total. The van der Waals surface area contributed by atoms with Crippen molar-refractivity contribution < 1.29 is 27.8 Å². The van der Waals surface area contributed by atoms with Gasteiger partial charge in [-0.15, -0.1) is 0 Å². The summed E-state index contributed by atoms with van der Waals surface area (Å²) in [5, 5.41) is 17.9. The molecule has 3 saturated carbocycles. The molecule has 3 aliphatic carbocycles. The van der Waals surface area contributed by atoms with Crippen LogP contribution in [-0.4, -0.2) is 35.3 Å². The summed E-state index contributed by atoms with van der Waals surface area (Å²) < 4.78 is 54.3. The van der Waals surface area contributed by atoms with E-state index in [1.807, 2.05) is 0 Å². The second-order valence-corrected chi connectivity index (χ2v) is 6.03. The lowest BCUT2D eigenvalue weighted by atomic mass is 9.75. The maximum atomic E-state index is 13.6. The minimum atomic E-state index is -2.91. The zero-order valence-corrected chi connectivity index (χ0v) is 9.80. The molecule has 0 saturated heterocycles. The van der Waals surface area contributed by atoms with Crippen molar-refractivity contribution in [1.82, 2.24) is 0 Å². The van der Waals surface area contributed by atoms with E-state index in [2.05, 4.69) is 0 Å². The molecule has 0 aromatic rings. The van der Waals surface area contributed by atoms with E-state index in [4.69, 9.17) is 10.2 Å². The number of rotatable bonds is 2. The topological polar surface area (TPSA) is 40.5 Å². The van der Waals surface area contributed by atoms with Crippen LogP contribution in [0.5, 0.6) is 0 Å². The van der Waals surface area contributed by atoms with Crippen LogP contribution < -0.4 is 0 Å². The third-order valence-corrected chi connectivity index (χ3v) is 5.77. The van der Waals surface area contributed by atoms with Gasteiger partial charge in [-0.25, -0.2) is 17.6 Å². The first kappa shape index (κ1) is 12.7. The molecule has 0 aliphatic heterocycles. The summed E-state index contributed by atoms with van der Waals surface area (Å²) in [6, 6.07) is 0. The molecule has 18 heavy (non-hydrogen) atoms. The minimum Gasteiger partial charge on any atom is -0.396 e. The van der Waals surface area contributed by atoms with Crippen molar-refractivity contribution in [3.05, 3.63) is 0 Å². The number of hydrogen-bond donors (Lipinski definition) is 2. The molecule has 3 aliphatic rings. The van der Waals surface area contributed by atoms with Crippen molar-refractivity contribution in [1.29, 1.82) is 0 Å². The third-order valence-electron chi connectivity index (χ3n) is 5.77. The fraction of sp³-hybridized carbons (Fsp3) is 1.00. The van der Waals surface area contributed by atoms with Crippen LogP contribution in [0.15, 0.2) is 0 Å². The zero-order valence-electron chi connectivity index (χ0n) is 9.80. The maximum absolute atomic E-state index is 13.6. The molecule has 0 aromatic carbocycles. The molecule has 0 heterocycles. The Morgan fingerprint density at radius 1 is 0.722 bits per heavy atom. The fourth-order valence-corrected chi connectivity index (χ4v) is 4.27. The van der Waals surface area contributed by atoms with E-state index >= 15 is 0 Å². The largest absolute Gasteiger partial charge is 0.396 e. The smallest absolute Gasteiger partial charge is 0.259 e. The summed E-state index contributed by atoms with van der Waals surface area (Å²) >= 11 is 0. The predicted octanol–water partition coefficient (Wildman–Crippen LogP) is 2.05. The molecule has 3 fully saturated rings. The Bertz CT molecular complexity index is 338. The van der Waals surface area contributed by atoms with E-state index in [9.17, 15) is 17.6 Å². The van der Waals surface area contributed by atoms with Crippen molar-refractivity contribution in [2.24, 2.45) is 22.7 Å². The molecular formula is C12H16F4O2. The highest BCUT2D eigenvalue weighted by molar-refractivity contribution is 5.26. The van der Waals surface area contributed by atoms with E-state index in [0.29, 0.717) is 0 Å². The van der Waals surface area contributed by atoms with Crippen LogP contribution in [0.2, 0.25) is 0 Å². The number of aliphatic hydroxyl groups excluding tert-OH is 2. The second kappa shape index (κ2) is 3.20. The summed E-state index contributed by atoms with van der Waals surface area (Å²) in [6.45, 7) is -1.17. The molecule has 2 nitrogen and oxygen atoms in total. The Morgan fingerprint density at radius 2 is 1.00 bits per heavy atom. The summed E-state index contributed by atoms with van der Waals surface area (Å²) in [7, 11) is 0. The van der Waals surface area contributed by atoms with Crippen LogP contribution in [0.4, 0.5) is 17.6 Å². The first-order valence-corrected chi connectivity index (χ1v) is 6.27.